The van der Waals surface area contributed by atoms with E-state index in [-0.39, 0.29) is 24.7 Å². The van der Waals surface area contributed by atoms with Gasteiger partial charge in [0, 0.05) is 25.3 Å². The summed E-state index contributed by atoms with van der Waals surface area (Å²) in [6.07, 6.45) is 4.73. The minimum Gasteiger partial charge on any atom is -0.346 e. The fourth-order valence-corrected chi connectivity index (χ4v) is 1.85. The Morgan fingerprint density at radius 1 is 1.44 bits per heavy atom. The lowest BCUT2D eigenvalue weighted by Gasteiger charge is -2.19. The molecule has 0 aliphatic heterocycles. The van der Waals surface area contributed by atoms with Crippen molar-refractivity contribution in [2.75, 3.05) is 6.54 Å². The van der Waals surface area contributed by atoms with Crippen LogP contribution in [0.4, 0.5) is 0 Å². The molecular weight excluding hydrogens is 206 g/mol. The van der Waals surface area contributed by atoms with Crippen molar-refractivity contribution in [2.45, 2.75) is 32.1 Å². The average Bonchev–Trinajstić information content (AvgIpc) is 2.28. The zero-order valence-electron chi connectivity index (χ0n) is 9.33. The number of Topliss-reactive ketones (excluding diaryl/α,β-unsaturated/α-hetero) is 2. The predicted molar refractivity (Wildman–Crippen MR) is 59.8 cm³/mol. The third-order valence-electron chi connectivity index (χ3n) is 2.77. The van der Waals surface area contributed by atoms with Gasteiger partial charge in [-0.15, -0.1) is 6.58 Å². The summed E-state index contributed by atoms with van der Waals surface area (Å²) in [7, 11) is 0. The molecule has 0 spiro atoms. The molecule has 1 fully saturated rings. The van der Waals surface area contributed by atoms with E-state index in [0.717, 1.165) is 19.3 Å². The summed E-state index contributed by atoms with van der Waals surface area (Å²) < 4.78 is 0. The highest BCUT2D eigenvalue weighted by Gasteiger charge is 2.26. The lowest BCUT2D eigenvalue weighted by atomic mass is 9.84. The van der Waals surface area contributed by atoms with E-state index in [2.05, 4.69) is 11.9 Å². The smallest absolute Gasteiger partial charge is 0.287 e. The standard InChI is InChI=1S/C12H17NO3/c1-2-7-13-12(16)11(15)8-9-5-3-4-6-10(9)14/h2,9H,1,3-8H2,(H,13,16). The molecule has 0 heterocycles. The van der Waals surface area contributed by atoms with Gasteiger partial charge in [0.05, 0.1) is 0 Å². The number of rotatable bonds is 5. The maximum atomic E-state index is 11.5. The molecule has 88 valence electrons. The van der Waals surface area contributed by atoms with E-state index in [9.17, 15) is 14.4 Å². The Kier molecular flexibility index (Phi) is 4.89. The topological polar surface area (TPSA) is 63.2 Å². The van der Waals surface area contributed by atoms with Crippen LogP contribution in [0.5, 0.6) is 0 Å². The number of carbonyl (C=O) groups is 3. The molecule has 4 heteroatoms. The Balaban J connectivity index is 2.40. The number of nitrogens with one attached hydrogen (secondary N) is 1. The Morgan fingerprint density at radius 3 is 2.81 bits per heavy atom. The van der Waals surface area contributed by atoms with Crippen molar-refractivity contribution in [2.24, 2.45) is 5.92 Å². The molecule has 1 saturated carbocycles. The number of amides is 1. The van der Waals surface area contributed by atoms with E-state index in [0.29, 0.717) is 6.42 Å². The molecule has 4 nitrogen and oxygen atoms in total. The van der Waals surface area contributed by atoms with E-state index in [1.165, 1.54) is 6.08 Å². The summed E-state index contributed by atoms with van der Waals surface area (Å²) in [4.78, 5) is 34.2. The van der Waals surface area contributed by atoms with Gasteiger partial charge in [-0.05, 0) is 12.8 Å². The van der Waals surface area contributed by atoms with Crippen LogP contribution in [0.15, 0.2) is 12.7 Å². The van der Waals surface area contributed by atoms with Crippen LogP contribution in [-0.2, 0) is 14.4 Å². The minimum atomic E-state index is -0.613. The van der Waals surface area contributed by atoms with Gasteiger partial charge in [0.15, 0.2) is 0 Å². The lowest BCUT2D eigenvalue weighted by Crippen LogP contribution is -2.34. The zero-order chi connectivity index (χ0) is 12.0. The maximum absolute atomic E-state index is 11.5. The molecule has 1 rings (SSSR count). The first-order chi connectivity index (χ1) is 7.65. The monoisotopic (exact) mass is 223 g/mol. The quantitative estimate of drug-likeness (QED) is 0.559. The van der Waals surface area contributed by atoms with E-state index in [1.807, 2.05) is 0 Å². The summed E-state index contributed by atoms with van der Waals surface area (Å²) in [5.74, 6) is -1.23. The minimum absolute atomic E-state index is 0.0574. The van der Waals surface area contributed by atoms with E-state index in [4.69, 9.17) is 0 Å². The molecule has 1 unspecified atom stereocenters. The van der Waals surface area contributed by atoms with Crippen LogP contribution in [0.2, 0.25) is 0 Å². The fraction of sp³-hybridized carbons (Fsp3) is 0.583. The molecule has 16 heavy (non-hydrogen) atoms. The molecule has 0 radical (unpaired) electrons. The summed E-state index contributed by atoms with van der Waals surface area (Å²) in [5.41, 5.74) is 0. The Labute approximate surface area is 95.1 Å². The second kappa shape index (κ2) is 6.20. The predicted octanol–water partition coefficient (Wildman–Crippen LogP) is 1.01. The first kappa shape index (κ1) is 12.6. The molecule has 0 aromatic rings. The molecular formula is C12H17NO3. The van der Waals surface area contributed by atoms with Crippen molar-refractivity contribution >= 4 is 17.5 Å². The summed E-state index contributed by atoms with van der Waals surface area (Å²) >= 11 is 0. The van der Waals surface area contributed by atoms with Gasteiger partial charge in [-0.3, -0.25) is 14.4 Å². The van der Waals surface area contributed by atoms with Gasteiger partial charge in [0.1, 0.15) is 5.78 Å². The summed E-state index contributed by atoms with van der Waals surface area (Å²) in [6.45, 7) is 3.72. The van der Waals surface area contributed by atoms with Crippen molar-refractivity contribution in [3.05, 3.63) is 12.7 Å². The van der Waals surface area contributed by atoms with Crippen molar-refractivity contribution in [3.63, 3.8) is 0 Å². The molecule has 1 aliphatic rings. The second-order valence-corrected chi connectivity index (χ2v) is 4.04. The highest BCUT2D eigenvalue weighted by atomic mass is 16.2. The molecule has 1 amide bonds. The molecule has 1 atom stereocenters. The number of ketones is 2. The van der Waals surface area contributed by atoms with Gasteiger partial charge in [0.2, 0.25) is 5.78 Å². The number of carbonyl (C=O) groups excluding carboxylic acids is 3. The third kappa shape index (κ3) is 3.61. The van der Waals surface area contributed by atoms with Gasteiger partial charge in [-0.1, -0.05) is 12.5 Å². The van der Waals surface area contributed by atoms with E-state index in [1.54, 1.807) is 0 Å². The molecule has 1 N–H and O–H groups in total. The van der Waals surface area contributed by atoms with Gasteiger partial charge in [-0.25, -0.2) is 0 Å². The SMILES string of the molecule is C=CCNC(=O)C(=O)CC1CCCCC1=O. The largest absolute Gasteiger partial charge is 0.346 e. The second-order valence-electron chi connectivity index (χ2n) is 4.04. The number of hydrogen-bond acceptors (Lipinski definition) is 3. The Hall–Kier alpha value is -1.45. The van der Waals surface area contributed by atoms with Crippen molar-refractivity contribution in [1.82, 2.24) is 5.32 Å². The average molecular weight is 223 g/mol. The summed E-state index contributed by atoms with van der Waals surface area (Å²) in [5, 5.41) is 2.42. The van der Waals surface area contributed by atoms with Crippen LogP contribution in [0.1, 0.15) is 32.1 Å². The molecule has 0 aromatic carbocycles. The van der Waals surface area contributed by atoms with Gasteiger partial charge in [0.25, 0.3) is 5.91 Å². The van der Waals surface area contributed by atoms with Crippen molar-refractivity contribution < 1.29 is 14.4 Å². The fourth-order valence-electron chi connectivity index (χ4n) is 1.85. The Morgan fingerprint density at radius 2 is 2.19 bits per heavy atom. The van der Waals surface area contributed by atoms with Crippen molar-refractivity contribution in [1.29, 1.82) is 0 Å². The molecule has 0 aromatic heterocycles. The normalized spacial score (nSPS) is 20.2. The maximum Gasteiger partial charge on any atom is 0.287 e. The molecule has 0 bridgehead atoms. The first-order valence-corrected chi connectivity index (χ1v) is 5.59. The lowest BCUT2D eigenvalue weighted by molar-refractivity contribution is -0.139. The zero-order valence-corrected chi connectivity index (χ0v) is 9.33. The summed E-state index contributed by atoms with van der Waals surface area (Å²) in [6, 6.07) is 0. The number of hydrogen-bond donors (Lipinski definition) is 1. The van der Waals surface area contributed by atoms with Gasteiger partial charge < -0.3 is 5.32 Å². The van der Waals surface area contributed by atoms with E-state index >= 15 is 0 Å². The highest BCUT2D eigenvalue weighted by molar-refractivity contribution is 6.36. The van der Waals surface area contributed by atoms with Crippen LogP contribution in [0.3, 0.4) is 0 Å². The first-order valence-electron chi connectivity index (χ1n) is 5.59. The van der Waals surface area contributed by atoms with E-state index < -0.39 is 11.7 Å². The van der Waals surface area contributed by atoms with Gasteiger partial charge >= 0.3 is 0 Å². The van der Waals surface area contributed by atoms with Crippen LogP contribution >= 0.6 is 0 Å². The molecule has 1 aliphatic carbocycles. The van der Waals surface area contributed by atoms with Crippen LogP contribution in [-0.4, -0.2) is 24.0 Å². The molecule has 0 saturated heterocycles. The van der Waals surface area contributed by atoms with Crippen molar-refractivity contribution in [3.8, 4) is 0 Å². The van der Waals surface area contributed by atoms with Crippen LogP contribution < -0.4 is 5.32 Å². The van der Waals surface area contributed by atoms with Crippen LogP contribution in [0, 0.1) is 5.92 Å². The Bertz CT molecular complexity index is 309. The highest BCUT2D eigenvalue weighted by Crippen LogP contribution is 2.23. The van der Waals surface area contributed by atoms with Gasteiger partial charge in [-0.2, -0.15) is 0 Å². The van der Waals surface area contributed by atoms with Crippen LogP contribution in [0.25, 0.3) is 0 Å². The third-order valence-corrected chi connectivity index (χ3v) is 2.77.